The molecule has 0 fully saturated rings. The van der Waals surface area contributed by atoms with Crippen molar-refractivity contribution >= 4 is 49.8 Å². The minimum atomic E-state index is 0.860. The average molecular weight is 614 g/mol. The van der Waals surface area contributed by atoms with Crippen molar-refractivity contribution in [2.75, 3.05) is 4.90 Å². The molecule has 2 heteroatoms. The summed E-state index contributed by atoms with van der Waals surface area (Å²) in [5.41, 5.74) is 11.9. The van der Waals surface area contributed by atoms with Crippen LogP contribution in [0, 0.1) is 0 Å². The summed E-state index contributed by atoms with van der Waals surface area (Å²) in [7, 11) is 0. The normalized spacial score (nSPS) is 11.3. The van der Waals surface area contributed by atoms with E-state index in [4.69, 9.17) is 4.42 Å². The predicted molar refractivity (Wildman–Crippen MR) is 202 cm³/mol. The zero-order valence-electron chi connectivity index (χ0n) is 26.3. The summed E-state index contributed by atoms with van der Waals surface area (Å²) in [6.45, 7) is 0. The maximum atomic E-state index is 6.54. The second-order valence-electron chi connectivity index (χ2n) is 12.1. The smallest absolute Gasteiger partial charge is 0.137 e. The highest BCUT2D eigenvalue weighted by molar-refractivity contribution is 6.17. The fourth-order valence-corrected chi connectivity index (χ4v) is 7.09. The molecule has 0 amide bonds. The van der Waals surface area contributed by atoms with Crippen molar-refractivity contribution in [3.63, 3.8) is 0 Å². The first-order chi connectivity index (χ1) is 23.8. The van der Waals surface area contributed by atoms with Gasteiger partial charge in [-0.3, -0.25) is 0 Å². The predicted octanol–water partition coefficient (Wildman–Crippen LogP) is 13.2. The van der Waals surface area contributed by atoms with Crippen LogP contribution in [0.4, 0.5) is 17.1 Å². The molecular weight excluding hydrogens is 583 g/mol. The van der Waals surface area contributed by atoms with Crippen molar-refractivity contribution in [2.45, 2.75) is 0 Å². The van der Waals surface area contributed by atoms with Gasteiger partial charge in [-0.25, -0.2) is 0 Å². The van der Waals surface area contributed by atoms with E-state index in [0.717, 1.165) is 66.8 Å². The molecule has 0 aliphatic heterocycles. The molecule has 9 rings (SSSR count). The second-order valence-corrected chi connectivity index (χ2v) is 12.1. The molecule has 0 saturated carbocycles. The van der Waals surface area contributed by atoms with Gasteiger partial charge in [0.25, 0.3) is 0 Å². The molecule has 226 valence electrons. The molecule has 1 heterocycles. The molecule has 0 spiro atoms. The van der Waals surface area contributed by atoms with Crippen molar-refractivity contribution < 1.29 is 4.42 Å². The molecule has 0 N–H and O–H groups in total. The average Bonchev–Trinajstić information content (AvgIpc) is 3.55. The minimum Gasteiger partial charge on any atom is -0.456 e. The van der Waals surface area contributed by atoms with Gasteiger partial charge < -0.3 is 9.32 Å². The first-order valence-corrected chi connectivity index (χ1v) is 16.4. The summed E-state index contributed by atoms with van der Waals surface area (Å²) < 4.78 is 6.54. The lowest BCUT2D eigenvalue weighted by molar-refractivity contribution is 0.669. The van der Waals surface area contributed by atoms with Crippen LogP contribution < -0.4 is 4.90 Å². The van der Waals surface area contributed by atoms with Gasteiger partial charge in [0, 0.05) is 22.2 Å². The monoisotopic (exact) mass is 613 g/mol. The number of rotatable bonds is 6. The zero-order chi connectivity index (χ0) is 31.9. The first kappa shape index (κ1) is 27.9. The molecule has 0 saturated heterocycles. The van der Waals surface area contributed by atoms with Crippen molar-refractivity contribution in [1.29, 1.82) is 0 Å². The van der Waals surface area contributed by atoms with Crippen molar-refractivity contribution in [1.82, 2.24) is 0 Å². The fourth-order valence-electron chi connectivity index (χ4n) is 7.09. The maximum Gasteiger partial charge on any atom is 0.137 e. The number of fused-ring (bicyclic) bond motifs is 4. The molecule has 0 atom stereocenters. The Balaban J connectivity index is 1.40. The molecule has 0 aliphatic rings. The molecule has 8 aromatic carbocycles. The van der Waals surface area contributed by atoms with Crippen LogP contribution in [0.2, 0.25) is 0 Å². The SMILES string of the molecule is c1ccc(-c2ccccc2N(c2cccc(-c3cccc4ccccc34)c2)c2c(-c3ccccc3)ccc3oc4ccccc4c23)cc1. The molecule has 0 unspecified atom stereocenters. The highest BCUT2D eigenvalue weighted by atomic mass is 16.3. The van der Waals surface area contributed by atoms with E-state index < -0.39 is 0 Å². The Morgan fingerprint density at radius 2 is 0.979 bits per heavy atom. The van der Waals surface area contributed by atoms with Gasteiger partial charge in [-0.15, -0.1) is 0 Å². The van der Waals surface area contributed by atoms with Crippen LogP contribution in [0.1, 0.15) is 0 Å². The zero-order valence-corrected chi connectivity index (χ0v) is 26.3. The van der Waals surface area contributed by atoms with Crippen LogP contribution in [0.5, 0.6) is 0 Å². The van der Waals surface area contributed by atoms with E-state index in [1.807, 2.05) is 6.07 Å². The van der Waals surface area contributed by atoms with E-state index in [-0.39, 0.29) is 0 Å². The number of nitrogens with zero attached hydrogens (tertiary/aromatic N) is 1. The van der Waals surface area contributed by atoms with E-state index in [0.29, 0.717) is 0 Å². The molecule has 0 radical (unpaired) electrons. The lowest BCUT2D eigenvalue weighted by atomic mass is 9.95. The lowest BCUT2D eigenvalue weighted by Crippen LogP contribution is -2.13. The molecule has 48 heavy (non-hydrogen) atoms. The Labute approximate surface area is 279 Å². The third-order valence-electron chi connectivity index (χ3n) is 9.26. The largest absolute Gasteiger partial charge is 0.456 e. The lowest BCUT2D eigenvalue weighted by Gasteiger charge is -2.31. The van der Waals surface area contributed by atoms with Gasteiger partial charge in [0.05, 0.1) is 16.8 Å². The summed E-state index contributed by atoms with van der Waals surface area (Å²) in [4.78, 5) is 2.45. The number of benzene rings is 8. The summed E-state index contributed by atoms with van der Waals surface area (Å²) in [5.74, 6) is 0. The number of hydrogen-bond acceptors (Lipinski definition) is 2. The first-order valence-electron chi connectivity index (χ1n) is 16.4. The van der Waals surface area contributed by atoms with Crippen LogP contribution >= 0.6 is 0 Å². The molecule has 0 aliphatic carbocycles. The highest BCUT2D eigenvalue weighted by Gasteiger charge is 2.25. The molecule has 2 nitrogen and oxygen atoms in total. The van der Waals surface area contributed by atoms with Gasteiger partial charge in [0.1, 0.15) is 11.2 Å². The van der Waals surface area contributed by atoms with Gasteiger partial charge in [0.2, 0.25) is 0 Å². The Hall–Kier alpha value is -6.38. The van der Waals surface area contributed by atoms with E-state index in [9.17, 15) is 0 Å². The minimum absolute atomic E-state index is 0.860. The third-order valence-corrected chi connectivity index (χ3v) is 9.26. The van der Waals surface area contributed by atoms with Gasteiger partial charge in [-0.1, -0.05) is 152 Å². The second kappa shape index (κ2) is 11.8. The summed E-state index contributed by atoms with van der Waals surface area (Å²) in [5, 5.41) is 4.65. The summed E-state index contributed by atoms with van der Waals surface area (Å²) in [6, 6.07) is 66.9. The molecule has 1 aromatic heterocycles. The van der Waals surface area contributed by atoms with E-state index >= 15 is 0 Å². The number of anilines is 3. The van der Waals surface area contributed by atoms with Crippen molar-refractivity contribution in [2.24, 2.45) is 0 Å². The molecular formula is C46H31NO. The number of furan rings is 1. The maximum absolute atomic E-state index is 6.54. The highest BCUT2D eigenvalue weighted by Crippen LogP contribution is 2.50. The van der Waals surface area contributed by atoms with Crippen LogP contribution in [-0.4, -0.2) is 0 Å². The summed E-state index contributed by atoms with van der Waals surface area (Å²) in [6.07, 6.45) is 0. The summed E-state index contributed by atoms with van der Waals surface area (Å²) >= 11 is 0. The van der Waals surface area contributed by atoms with Crippen LogP contribution in [-0.2, 0) is 0 Å². The Kier molecular flexibility index (Phi) is 6.84. The molecule has 0 bridgehead atoms. The van der Waals surface area contributed by atoms with Crippen molar-refractivity contribution in [3.8, 4) is 33.4 Å². The number of para-hydroxylation sites is 2. The van der Waals surface area contributed by atoms with Gasteiger partial charge >= 0.3 is 0 Å². The Morgan fingerprint density at radius 1 is 0.375 bits per heavy atom. The van der Waals surface area contributed by atoms with Crippen LogP contribution in [0.3, 0.4) is 0 Å². The quantitative estimate of drug-likeness (QED) is 0.185. The molecule has 9 aromatic rings. The fraction of sp³-hybridized carbons (Fsp3) is 0. The van der Waals surface area contributed by atoms with Crippen LogP contribution in [0.25, 0.3) is 66.1 Å². The standard InChI is InChI=1S/C46H31NO/c1-3-15-33(16-4-1)39-24-9-11-27-42(39)47(36-22-13-21-35(31-36)38-26-14-20-32-19-7-8-23-37(32)38)46-40(34-17-5-2-6-18-34)29-30-44-45(46)41-25-10-12-28-43(41)48-44/h1-31H. The Bertz CT molecular complexity index is 2560. The van der Waals surface area contributed by atoms with E-state index in [1.165, 1.54) is 16.3 Å². The Morgan fingerprint density at radius 3 is 1.81 bits per heavy atom. The van der Waals surface area contributed by atoms with Gasteiger partial charge in [-0.2, -0.15) is 0 Å². The van der Waals surface area contributed by atoms with Gasteiger partial charge in [0.15, 0.2) is 0 Å². The van der Waals surface area contributed by atoms with Crippen LogP contribution in [0.15, 0.2) is 192 Å². The third kappa shape index (κ3) is 4.74. The van der Waals surface area contributed by atoms with Gasteiger partial charge in [-0.05, 0) is 69.4 Å². The van der Waals surface area contributed by atoms with E-state index in [1.54, 1.807) is 0 Å². The topological polar surface area (TPSA) is 16.4 Å². The number of hydrogen-bond donors (Lipinski definition) is 0. The van der Waals surface area contributed by atoms with E-state index in [2.05, 4.69) is 187 Å². The van der Waals surface area contributed by atoms with Crippen molar-refractivity contribution in [3.05, 3.63) is 188 Å².